The van der Waals surface area contributed by atoms with Crippen molar-refractivity contribution in [2.45, 2.75) is 24.7 Å². The summed E-state index contributed by atoms with van der Waals surface area (Å²) in [6, 6.07) is 14.5. The minimum absolute atomic E-state index is 0.0682. The van der Waals surface area contributed by atoms with Crippen LogP contribution >= 0.6 is 0 Å². The molecule has 0 spiro atoms. The second kappa shape index (κ2) is 8.89. The molecule has 0 unspecified atom stereocenters. The zero-order valence-corrected chi connectivity index (χ0v) is 16.3. The molecule has 2 aromatic rings. The van der Waals surface area contributed by atoms with Crippen LogP contribution in [0.25, 0.3) is 0 Å². The predicted molar refractivity (Wildman–Crippen MR) is 108 cm³/mol. The molecule has 0 saturated heterocycles. The van der Waals surface area contributed by atoms with Gasteiger partial charge >= 0.3 is 0 Å². The minimum atomic E-state index is -0.425. The molecule has 2 N–H and O–H groups in total. The lowest BCUT2D eigenvalue weighted by atomic mass is 9.94. The van der Waals surface area contributed by atoms with Gasteiger partial charge in [-0.3, -0.25) is 9.59 Å². The highest BCUT2D eigenvalue weighted by Crippen LogP contribution is 2.48. The summed E-state index contributed by atoms with van der Waals surface area (Å²) in [4.78, 5) is 24.9. The number of amides is 2. The van der Waals surface area contributed by atoms with E-state index in [0.29, 0.717) is 30.2 Å². The Morgan fingerprint density at radius 3 is 2.25 bits per heavy atom. The highest BCUT2D eigenvalue weighted by atomic mass is 16.5. The summed E-state index contributed by atoms with van der Waals surface area (Å²) in [5, 5.41) is 5.88. The number of rotatable bonds is 9. The molecule has 148 valence electrons. The summed E-state index contributed by atoms with van der Waals surface area (Å²) >= 11 is 0. The van der Waals surface area contributed by atoms with Gasteiger partial charge in [0.05, 0.1) is 12.5 Å². The van der Waals surface area contributed by atoms with Crippen LogP contribution in [0.15, 0.2) is 48.5 Å². The zero-order chi connectivity index (χ0) is 20.0. The monoisotopic (exact) mass is 382 g/mol. The minimum Gasteiger partial charge on any atom is -0.497 e. The van der Waals surface area contributed by atoms with Gasteiger partial charge in [0.2, 0.25) is 5.91 Å². The first kappa shape index (κ1) is 19.9. The summed E-state index contributed by atoms with van der Waals surface area (Å²) < 4.78 is 10.1. The fourth-order valence-electron chi connectivity index (χ4n) is 3.18. The van der Waals surface area contributed by atoms with Crippen molar-refractivity contribution >= 4 is 17.5 Å². The topological polar surface area (TPSA) is 76.7 Å². The van der Waals surface area contributed by atoms with Crippen molar-refractivity contribution < 1.29 is 19.1 Å². The van der Waals surface area contributed by atoms with Gasteiger partial charge in [0.15, 0.2) is 0 Å². The molecule has 0 atom stereocenters. The Bertz CT molecular complexity index is 811. The number of methoxy groups -OCH3 is 2. The van der Waals surface area contributed by atoms with Gasteiger partial charge in [-0.1, -0.05) is 12.1 Å². The first-order valence-corrected chi connectivity index (χ1v) is 9.42. The van der Waals surface area contributed by atoms with Crippen LogP contribution in [0, 0.1) is 0 Å². The Morgan fingerprint density at radius 1 is 1.00 bits per heavy atom. The van der Waals surface area contributed by atoms with Crippen LogP contribution in [0.3, 0.4) is 0 Å². The van der Waals surface area contributed by atoms with Crippen molar-refractivity contribution in [2.24, 2.45) is 0 Å². The van der Waals surface area contributed by atoms with E-state index in [1.54, 1.807) is 38.5 Å². The maximum Gasteiger partial charge on any atom is 0.255 e. The van der Waals surface area contributed by atoms with Gasteiger partial charge in [0, 0.05) is 31.5 Å². The molecule has 0 heterocycles. The Morgan fingerprint density at radius 2 is 1.68 bits per heavy atom. The number of anilines is 1. The van der Waals surface area contributed by atoms with E-state index < -0.39 is 5.41 Å². The van der Waals surface area contributed by atoms with Crippen LogP contribution in [0.4, 0.5) is 5.69 Å². The molecule has 6 nitrogen and oxygen atoms in total. The largest absolute Gasteiger partial charge is 0.497 e. The van der Waals surface area contributed by atoms with Crippen molar-refractivity contribution in [2.75, 3.05) is 32.7 Å². The first-order chi connectivity index (χ1) is 13.6. The van der Waals surface area contributed by atoms with E-state index in [1.165, 1.54) is 0 Å². The molecule has 1 aliphatic rings. The Balaban J connectivity index is 1.59. The number of carbonyl (C=O) groups is 2. The molecule has 0 bridgehead atoms. The SMILES string of the molecule is COCCCNC(=O)C1(c2ccc(NC(=O)c3ccc(OC)cc3)cc2)CC1. The summed E-state index contributed by atoms with van der Waals surface area (Å²) in [5.41, 5.74) is 1.81. The second-order valence-corrected chi connectivity index (χ2v) is 6.94. The van der Waals surface area contributed by atoms with E-state index >= 15 is 0 Å². The number of carbonyl (C=O) groups excluding carboxylic acids is 2. The Hall–Kier alpha value is -2.86. The van der Waals surface area contributed by atoms with E-state index in [9.17, 15) is 9.59 Å². The molecule has 2 aromatic carbocycles. The van der Waals surface area contributed by atoms with E-state index in [2.05, 4.69) is 10.6 Å². The smallest absolute Gasteiger partial charge is 0.255 e. The highest BCUT2D eigenvalue weighted by molar-refractivity contribution is 6.04. The zero-order valence-electron chi connectivity index (χ0n) is 16.3. The second-order valence-electron chi connectivity index (χ2n) is 6.94. The van der Waals surface area contributed by atoms with Gasteiger partial charge in [-0.05, 0) is 61.2 Å². The number of hydrogen-bond acceptors (Lipinski definition) is 4. The third kappa shape index (κ3) is 4.51. The fraction of sp³-hybridized carbons (Fsp3) is 0.364. The maximum atomic E-state index is 12.6. The normalized spacial score (nSPS) is 14.2. The first-order valence-electron chi connectivity index (χ1n) is 9.42. The van der Waals surface area contributed by atoms with E-state index in [-0.39, 0.29) is 11.8 Å². The summed E-state index contributed by atoms with van der Waals surface area (Å²) in [7, 11) is 3.24. The number of hydrogen-bond donors (Lipinski definition) is 2. The third-order valence-electron chi connectivity index (χ3n) is 5.04. The molecule has 6 heteroatoms. The molecule has 1 fully saturated rings. The lowest BCUT2D eigenvalue weighted by Crippen LogP contribution is -2.35. The molecule has 2 amide bonds. The van der Waals surface area contributed by atoms with Crippen molar-refractivity contribution in [1.82, 2.24) is 5.32 Å². The van der Waals surface area contributed by atoms with Gasteiger partial charge < -0.3 is 20.1 Å². The quantitative estimate of drug-likeness (QED) is 0.653. The number of nitrogens with one attached hydrogen (secondary N) is 2. The molecule has 0 aromatic heterocycles. The highest BCUT2D eigenvalue weighted by Gasteiger charge is 2.50. The lowest BCUT2D eigenvalue weighted by molar-refractivity contribution is -0.123. The third-order valence-corrected chi connectivity index (χ3v) is 5.04. The molecule has 0 aliphatic heterocycles. The Labute approximate surface area is 165 Å². The van der Waals surface area contributed by atoms with Crippen LogP contribution in [0.1, 0.15) is 35.2 Å². The van der Waals surface area contributed by atoms with E-state index in [1.807, 2.05) is 24.3 Å². The van der Waals surface area contributed by atoms with Crippen LogP contribution in [-0.4, -0.2) is 39.2 Å². The standard InChI is InChI=1S/C22H26N2O4/c1-27-15-3-14-23-21(26)22(12-13-22)17-6-8-18(9-7-17)24-20(25)16-4-10-19(28-2)11-5-16/h4-11H,3,12-15H2,1-2H3,(H,23,26)(H,24,25). The molecular weight excluding hydrogens is 356 g/mol. The average molecular weight is 382 g/mol. The van der Waals surface area contributed by atoms with Gasteiger partial charge in [0.1, 0.15) is 5.75 Å². The van der Waals surface area contributed by atoms with Gasteiger partial charge in [-0.2, -0.15) is 0 Å². The molecule has 3 rings (SSSR count). The maximum absolute atomic E-state index is 12.6. The predicted octanol–water partition coefficient (Wildman–Crippen LogP) is 3.13. The molecule has 1 aliphatic carbocycles. The van der Waals surface area contributed by atoms with Gasteiger partial charge in [-0.15, -0.1) is 0 Å². The summed E-state index contributed by atoms with van der Waals surface area (Å²) in [6.07, 6.45) is 2.50. The number of benzene rings is 2. The fourth-order valence-corrected chi connectivity index (χ4v) is 3.18. The molecule has 1 saturated carbocycles. The summed E-state index contributed by atoms with van der Waals surface area (Å²) in [5.74, 6) is 0.585. The van der Waals surface area contributed by atoms with Gasteiger partial charge in [-0.25, -0.2) is 0 Å². The summed E-state index contributed by atoms with van der Waals surface area (Å²) in [6.45, 7) is 1.25. The molecule has 0 radical (unpaired) electrons. The van der Waals surface area contributed by atoms with Crippen LogP contribution in [0.2, 0.25) is 0 Å². The van der Waals surface area contributed by atoms with E-state index in [4.69, 9.17) is 9.47 Å². The van der Waals surface area contributed by atoms with Crippen LogP contribution in [0.5, 0.6) is 5.75 Å². The average Bonchev–Trinajstić information content (AvgIpc) is 3.54. The van der Waals surface area contributed by atoms with Crippen molar-refractivity contribution in [3.63, 3.8) is 0 Å². The molecular formula is C22H26N2O4. The van der Waals surface area contributed by atoms with Gasteiger partial charge in [0.25, 0.3) is 5.91 Å². The Kier molecular flexibility index (Phi) is 6.31. The van der Waals surface area contributed by atoms with Crippen molar-refractivity contribution in [1.29, 1.82) is 0 Å². The number of ether oxygens (including phenoxy) is 2. The van der Waals surface area contributed by atoms with Crippen molar-refractivity contribution in [3.05, 3.63) is 59.7 Å². The lowest BCUT2D eigenvalue weighted by Gasteiger charge is -2.16. The van der Waals surface area contributed by atoms with Crippen LogP contribution in [-0.2, 0) is 14.9 Å². The van der Waals surface area contributed by atoms with E-state index in [0.717, 1.165) is 24.8 Å². The van der Waals surface area contributed by atoms with Crippen LogP contribution < -0.4 is 15.4 Å². The van der Waals surface area contributed by atoms with Crippen molar-refractivity contribution in [3.8, 4) is 5.75 Å². The molecule has 28 heavy (non-hydrogen) atoms.